The highest BCUT2D eigenvalue weighted by Gasteiger charge is 2.16. The fraction of sp³-hybridized carbons (Fsp3) is 0.222. The van der Waals surface area contributed by atoms with Gasteiger partial charge in [0, 0.05) is 5.69 Å². The van der Waals surface area contributed by atoms with Crippen LogP contribution in [-0.4, -0.2) is 50.9 Å². The van der Waals surface area contributed by atoms with Crippen LogP contribution in [0.5, 0.6) is 11.5 Å². The van der Waals surface area contributed by atoms with E-state index in [0.717, 1.165) is 0 Å². The summed E-state index contributed by atoms with van der Waals surface area (Å²) >= 11 is 0. The highest BCUT2D eigenvalue weighted by Crippen LogP contribution is 2.25. The number of hydrogen-bond acceptors (Lipinski definition) is 8. The molecule has 0 heterocycles. The Morgan fingerprint density at radius 2 is 1.53 bits per heavy atom. The van der Waals surface area contributed by atoms with Gasteiger partial charge in [-0.3, -0.25) is 9.35 Å². The number of carboxylic acid groups (broad SMARTS) is 2. The van der Waals surface area contributed by atoms with Crippen LogP contribution < -0.4 is 9.92 Å². The second kappa shape index (κ2) is 11.6. The van der Waals surface area contributed by atoms with E-state index in [1.165, 1.54) is 44.2 Å². The summed E-state index contributed by atoms with van der Waals surface area (Å²) in [4.78, 5) is 20.2. The predicted molar refractivity (Wildman–Crippen MR) is 107 cm³/mol. The second-order valence-corrected chi connectivity index (χ2v) is 7.28. The first-order valence-corrected chi connectivity index (χ1v) is 9.46. The van der Waals surface area contributed by atoms with Gasteiger partial charge in [0.15, 0.2) is 11.5 Å². The number of nitrogens with two attached hydrogens (primary N) is 1. The maximum atomic E-state index is 10.3. The van der Waals surface area contributed by atoms with Crippen molar-refractivity contribution in [3.05, 3.63) is 54.1 Å². The van der Waals surface area contributed by atoms with E-state index in [-0.39, 0.29) is 23.5 Å². The lowest BCUT2D eigenvalue weighted by atomic mass is 10.1. The van der Waals surface area contributed by atoms with Crippen LogP contribution in [0.4, 0.5) is 5.69 Å². The number of aromatic hydroxyl groups is 1. The van der Waals surface area contributed by atoms with Crippen LogP contribution in [0.1, 0.15) is 30.6 Å². The molecule has 0 aliphatic heterocycles. The van der Waals surface area contributed by atoms with Gasteiger partial charge in [-0.05, 0) is 38.1 Å². The van der Waals surface area contributed by atoms with Crippen LogP contribution in [-0.2, 0) is 15.2 Å². The Bertz CT molecular complexity index is 951. The number of anilines is 1. The highest BCUT2D eigenvalue weighted by atomic mass is 32.3. The van der Waals surface area contributed by atoms with Gasteiger partial charge in [-0.25, -0.2) is 4.79 Å². The van der Waals surface area contributed by atoms with Crippen LogP contribution in [0.25, 0.3) is 0 Å². The lowest BCUT2D eigenvalue weighted by Gasteiger charge is -2.12. The lowest BCUT2D eigenvalue weighted by Crippen LogP contribution is -2.22. The first kappa shape index (κ1) is 26.6. The van der Waals surface area contributed by atoms with E-state index < -0.39 is 27.9 Å². The summed E-state index contributed by atoms with van der Waals surface area (Å²) in [7, 11) is -4.56. The van der Waals surface area contributed by atoms with Gasteiger partial charge >= 0.3 is 22.3 Å². The largest absolute Gasteiger partial charge is 0.504 e. The van der Waals surface area contributed by atoms with Crippen LogP contribution in [0.15, 0.2) is 48.5 Å². The third kappa shape index (κ3) is 12.9. The summed E-state index contributed by atoms with van der Waals surface area (Å²) in [6, 6.07) is 11.8. The van der Waals surface area contributed by atoms with E-state index in [2.05, 4.69) is 4.18 Å². The Hall–Kier alpha value is -3.35. The molecule has 0 unspecified atom stereocenters. The predicted octanol–water partition coefficient (Wildman–Crippen LogP) is 1.77. The molecule has 0 aliphatic carbocycles. The highest BCUT2D eigenvalue weighted by molar-refractivity contribution is 7.81. The number of para-hydroxylation sites is 3. The molecule has 0 amide bonds. The number of rotatable bonds is 5. The number of nitrogen functional groups attached to an aromatic ring is 1. The Balaban J connectivity index is 0.000000431. The standard InChI is InChI=1S/C7H7NO2.C6H6O5S.C5H10O3/c8-6-4-2-1-3-5(6)7(9)10;7-5-3-1-2-4-6(5)11-12(8,9)10;1-5(2,8)3-4(6)7/h1-4H,8H2,(H,9,10);1-4,7H,(H,8,9,10);8H,3H2,1-2H3,(H,6,7). The summed E-state index contributed by atoms with van der Waals surface area (Å²) < 4.78 is 32.6. The van der Waals surface area contributed by atoms with Crippen molar-refractivity contribution in [2.24, 2.45) is 0 Å². The molecule has 7 N–H and O–H groups in total. The number of phenols is 1. The van der Waals surface area contributed by atoms with Crippen molar-refractivity contribution in [2.75, 3.05) is 5.73 Å². The third-order valence-electron chi connectivity index (χ3n) is 2.84. The zero-order valence-electron chi connectivity index (χ0n) is 16.1. The van der Waals surface area contributed by atoms with Gasteiger partial charge < -0.3 is 30.3 Å². The molecule has 166 valence electrons. The topological polar surface area (TPSA) is 205 Å². The average Bonchev–Trinajstić information content (AvgIpc) is 2.55. The number of aromatic carboxylic acids is 1. The van der Waals surface area contributed by atoms with Crippen molar-refractivity contribution in [1.82, 2.24) is 0 Å². The molecule has 2 rings (SSSR count). The minimum atomic E-state index is -4.56. The van der Waals surface area contributed by atoms with E-state index in [9.17, 15) is 18.0 Å². The molecule has 0 fully saturated rings. The Morgan fingerprint density at radius 1 is 1.03 bits per heavy atom. The lowest BCUT2D eigenvalue weighted by molar-refractivity contribution is -0.141. The molecular formula is C18H23NO10S. The van der Waals surface area contributed by atoms with Gasteiger partial charge in [0.05, 0.1) is 17.6 Å². The van der Waals surface area contributed by atoms with E-state index in [1.54, 1.807) is 18.2 Å². The zero-order chi connectivity index (χ0) is 23.5. The van der Waals surface area contributed by atoms with Crippen molar-refractivity contribution in [1.29, 1.82) is 0 Å². The molecular weight excluding hydrogens is 422 g/mol. The molecule has 2 aromatic rings. The van der Waals surface area contributed by atoms with E-state index in [0.29, 0.717) is 5.69 Å². The van der Waals surface area contributed by atoms with Crippen LogP contribution in [0.2, 0.25) is 0 Å². The van der Waals surface area contributed by atoms with Gasteiger partial charge in [-0.15, -0.1) is 0 Å². The maximum absolute atomic E-state index is 10.3. The van der Waals surface area contributed by atoms with Crippen molar-refractivity contribution < 1.29 is 47.2 Å². The van der Waals surface area contributed by atoms with Gasteiger partial charge in [-0.2, -0.15) is 8.42 Å². The average molecular weight is 445 g/mol. The van der Waals surface area contributed by atoms with Crippen LogP contribution >= 0.6 is 0 Å². The third-order valence-corrected chi connectivity index (χ3v) is 3.23. The number of carbonyl (C=O) groups is 2. The smallest absolute Gasteiger partial charge is 0.446 e. The number of phenolic OH excluding ortho intramolecular Hbond substituents is 1. The van der Waals surface area contributed by atoms with Crippen molar-refractivity contribution >= 4 is 28.0 Å². The fourth-order valence-electron chi connectivity index (χ4n) is 1.70. The Morgan fingerprint density at radius 3 is 1.87 bits per heavy atom. The number of carboxylic acids is 2. The van der Waals surface area contributed by atoms with Gasteiger partial charge in [0.2, 0.25) is 0 Å². The molecule has 30 heavy (non-hydrogen) atoms. The first-order valence-electron chi connectivity index (χ1n) is 8.09. The molecule has 12 heteroatoms. The van der Waals surface area contributed by atoms with Crippen LogP contribution in [0.3, 0.4) is 0 Å². The molecule has 11 nitrogen and oxygen atoms in total. The monoisotopic (exact) mass is 445 g/mol. The molecule has 0 spiro atoms. The molecule has 0 radical (unpaired) electrons. The van der Waals surface area contributed by atoms with E-state index >= 15 is 0 Å². The van der Waals surface area contributed by atoms with Gasteiger partial charge in [0.25, 0.3) is 0 Å². The number of aliphatic hydroxyl groups is 1. The summed E-state index contributed by atoms with van der Waals surface area (Å²) in [6.45, 7) is 2.92. The molecule has 0 bridgehead atoms. The SMILES string of the molecule is CC(C)(O)CC(=O)O.Nc1ccccc1C(=O)O.O=S(=O)(O)Oc1ccccc1O. The van der Waals surface area contributed by atoms with Crippen molar-refractivity contribution in [3.63, 3.8) is 0 Å². The second-order valence-electron chi connectivity index (χ2n) is 6.25. The maximum Gasteiger partial charge on any atom is 0.446 e. The summed E-state index contributed by atoms with van der Waals surface area (Å²) in [5.41, 5.74) is 4.72. The summed E-state index contributed by atoms with van der Waals surface area (Å²) in [6.07, 6.45) is -0.201. The quantitative estimate of drug-likeness (QED) is 0.289. The van der Waals surface area contributed by atoms with Crippen molar-refractivity contribution in [2.45, 2.75) is 25.9 Å². The van der Waals surface area contributed by atoms with Gasteiger partial charge in [0.1, 0.15) is 0 Å². The molecule has 0 aliphatic rings. The van der Waals surface area contributed by atoms with Crippen LogP contribution in [0, 0.1) is 0 Å². The fourth-order valence-corrected chi connectivity index (χ4v) is 2.07. The van der Waals surface area contributed by atoms with E-state index in [1.807, 2.05) is 0 Å². The molecule has 0 atom stereocenters. The minimum absolute atomic E-state index is 0.155. The molecule has 0 aromatic heterocycles. The summed E-state index contributed by atoms with van der Waals surface area (Å²) in [5, 5.41) is 34.4. The zero-order valence-corrected chi connectivity index (χ0v) is 16.9. The molecule has 0 saturated heterocycles. The Kier molecular flexibility index (Phi) is 10.3. The van der Waals surface area contributed by atoms with E-state index in [4.69, 9.17) is 30.7 Å². The normalized spacial score (nSPS) is 10.5. The molecule has 2 aromatic carbocycles. The van der Waals surface area contributed by atoms with Crippen molar-refractivity contribution in [3.8, 4) is 11.5 Å². The number of benzene rings is 2. The number of hydrogen-bond donors (Lipinski definition) is 6. The number of aliphatic carboxylic acids is 1. The van der Waals surface area contributed by atoms with Gasteiger partial charge in [-0.1, -0.05) is 24.3 Å². The Labute approximate surface area is 172 Å². The molecule has 0 saturated carbocycles. The summed E-state index contributed by atoms with van der Waals surface area (Å²) in [5.74, 6) is -2.62. The first-order chi connectivity index (χ1) is 13.6. The minimum Gasteiger partial charge on any atom is -0.504 e.